The predicted octanol–water partition coefficient (Wildman–Crippen LogP) is 6.63. The topological polar surface area (TPSA) is 12.0 Å². The van der Waals surface area contributed by atoms with Crippen molar-refractivity contribution < 1.29 is 0 Å². The molecule has 1 nitrogen and oxygen atoms in total. The van der Waals surface area contributed by atoms with Crippen molar-refractivity contribution in [1.82, 2.24) is 5.32 Å². The Kier molecular flexibility index (Phi) is 5.78. The fourth-order valence-electron chi connectivity index (χ4n) is 5.12. The van der Waals surface area contributed by atoms with Gasteiger partial charge in [0.15, 0.2) is 0 Å². The molecule has 0 aromatic heterocycles. The lowest BCUT2D eigenvalue weighted by atomic mass is 9.74. The SMILES string of the molecule is CC(C)C1NC(c2ccccc2C2C=CC=CC2)CCC1C1=CCCC=C1. The van der Waals surface area contributed by atoms with Crippen molar-refractivity contribution in [3.8, 4) is 0 Å². The minimum atomic E-state index is 0.470. The van der Waals surface area contributed by atoms with Crippen LogP contribution in [0.4, 0.5) is 0 Å². The fourth-order valence-corrected chi connectivity index (χ4v) is 5.12. The Labute approximate surface area is 165 Å². The molecule has 4 unspecified atom stereocenters. The molecule has 1 fully saturated rings. The second-order valence-corrected chi connectivity index (χ2v) is 8.64. The molecule has 27 heavy (non-hydrogen) atoms. The number of hydrogen-bond acceptors (Lipinski definition) is 1. The summed E-state index contributed by atoms with van der Waals surface area (Å²) in [6.07, 6.45) is 22.3. The van der Waals surface area contributed by atoms with Gasteiger partial charge in [-0.15, -0.1) is 0 Å². The lowest BCUT2D eigenvalue weighted by molar-refractivity contribution is 0.213. The molecular weight excluding hydrogens is 326 g/mol. The average molecular weight is 360 g/mol. The van der Waals surface area contributed by atoms with Gasteiger partial charge in [-0.3, -0.25) is 0 Å². The summed E-state index contributed by atoms with van der Waals surface area (Å²) in [4.78, 5) is 0. The van der Waals surface area contributed by atoms with Gasteiger partial charge in [-0.1, -0.05) is 80.6 Å². The van der Waals surface area contributed by atoms with Crippen LogP contribution in [0, 0.1) is 11.8 Å². The van der Waals surface area contributed by atoms with E-state index in [4.69, 9.17) is 0 Å². The van der Waals surface area contributed by atoms with E-state index in [-0.39, 0.29) is 0 Å². The summed E-state index contributed by atoms with van der Waals surface area (Å²) in [5, 5.41) is 4.08. The van der Waals surface area contributed by atoms with Gasteiger partial charge >= 0.3 is 0 Å². The molecule has 1 aromatic carbocycles. The van der Waals surface area contributed by atoms with Crippen LogP contribution >= 0.6 is 0 Å². The molecule has 0 saturated carbocycles. The molecule has 2 aliphatic carbocycles. The first-order valence-corrected chi connectivity index (χ1v) is 10.8. The number of allylic oxidation sites excluding steroid dienone is 7. The standard InChI is InChI=1S/C26H33N/c1-19(2)26-23(21-13-7-4-8-14-21)17-18-25(27-26)24-16-10-9-15-22(24)20-11-5-3-6-12-20/h3,5-7,9-11,13-16,19-20,23,25-27H,4,8,12,17-18H2,1-2H3. The maximum atomic E-state index is 4.08. The van der Waals surface area contributed by atoms with E-state index in [2.05, 4.69) is 86.0 Å². The summed E-state index contributed by atoms with van der Waals surface area (Å²) in [5.41, 5.74) is 4.59. The first-order chi connectivity index (χ1) is 13.2. The van der Waals surface area contributed by atoms with E-state index in [1.54, 1.807) is 5.57 Å². The van der Waals surface area contributed by atoms with Crippen LogP contribution in [-0.4, -0.2) is 6.04 Å². The summed E-state index contributed by atoms with van der Waals surface area (Å²) < 4.78 is 0. The Balaban J connectivity index is 1.58. The Morgan fingerprint density at radius 2 is 1.81 bits per heavy atom. The highest BCUT2D eigenvalue weighted by Gasteiger charge is 2.35. The summed E-state index contributed by atoms with van der Waals surface area (Å²) in [5.74, 6) is 1.81. The zero-order valence-electron chi connectivity index (χ0n) is 16.8. The first kappa shape index (κ1) is 18.5. The van der Waals surface area contributed by atoms with Crippen molar-refractivity contribution in [3.05, 3.63) is 83.5 Å². The highest BCUT2D eigenvalue weighted by Crippen LogP contribution is 2.40. The summed E-state index contributed by atoms with van der Waals surface area (Å²) in [6.45, 7) is 4.75. The van der Waals surface area contributed by atoms with E-state index >= 15 is 0 Å². The molecule has 0 bridgehead atoms. The van der Waals surface area contributed by atoms with Gasteiger partial charge in [0.1, 0.15) is 0 Å². The van der Waals surface area contributed by atoms with Gasteiger partial charge in [-0.25, -0.2) is 0 Å². The molecule has 1 aromatic rings. The van der Waals surface area contributed by atoms with E-state index in [0.29, 0.717) is 29.8 Å². The Morgan fingerprint density at radius 1 is 0.963 bits per heavy atom. The maximum Gasteiger partial charge on any atom is 0.0326 e. The van der Waals surface area contributed by atoms with Crippen molar-refractivity contribution in [3.63, 3.8) is 0 Å². The number of hydrogen-bond donors (Lipinski definition) is 1. The maximum absolute atomic E-state index is 4.08. The normalized spacial score (nSPS) is 30.6. The summed E-state index contributed by atoms with van der Waals surface area (Å²) >= 11 is 0. The van der Waals surface area contributed by atoms with E-state index in [1.165, 1.54) is 36.8 Å². The molecule has 0 amide bonds. The van der Waals surface area contributed by atoms with Crippen molar-refractivity contribution >= 4 is 0 Å². The molecule has 3 aliphatic rings. The molecule has 0 spiro atoms. The number of piperidine rings is 1. The third-order valence-corrected chi connectivity index (χ3v) is 6.52. The minimum absolute atomic E-state index is 0.470. The Morgan fingerprint density at radius 3 is 2.52 bits per heavy atom. The van der Waals surface area contributed by atoms with E-state index < -0.39 is 0 Å². The van der Waals surface area contributed by atoms with Crippen molar-refractivity contribution in [2.45, 2.75) is 64.0 Å². The molecule has 4 rings (SSSR count). The second kappa shape index (κ2) is 8.44. The molecule has 1 N–H and O–H groups in total. The molecule has 0 radical (unpaired) electrons. The zero-order valence-corrected chi connectivity index (χ0v) is 16.8. The van der Waals surface area contributed by atoms with Gasteiger partial charge in [0.05, 0.1) is 0 Å². The molecule has 1 saturated heterocycles. The second-order valence-electron chi connectivity index (χ2n) is 8.64. The highest BCUT2D eigenvalue weighted by atomic mass is 15.0. The fraction of sp³-hybridized carbons (Fsp3) is 0.462. The van der Waals surface area contributed by atoms with Crippen LogP contribution in [0.1, 0.15) is 69.0 Å². The van der Waals surface area contributed by atoms with Crippen LogP contribution in [-0.2, 0) is 0 Å². The zero-order chi connectivity index (χ0) is 18.6. The molecule has 1 heterocycles. The number of nitrogens with one attached hydrogen (secondary N) is 1. The van der Waals surface area contributed by atoms with Crippen LogP contribution < -0.4 is 5.32 Å². The van der Waals surface area contributed by atoms with E-state index in [0.717, 1.165) is 6.42 Å². The van der Waals surface area contributed by atoms with E-state index in [1.807, 2.05) is 0 Å². The van der Waals surface area contributed by atoms with Gasteiger partial charge in [0.2, 0.25) is 0 Å². The molecule has 4 atom stereocenters. The monoisotopic (exact) mass is 359 g/mol. The lowest BCUT2D eigenvalue weighted by Gasteiger charge is -2.42. The van der Waals surface area contributed by atoms with Crippen LogP contribution in [0.2, 0.25) is 0 Å². The van der Waals surface area contributed by atoms with Gasteiger partial charge in [-0.05, 0) is 60.6 Å². The van der Waals surface area contributed by atoms with Crippen molar-refractivity contribution in [2.24, 2.45) is 11.8 Å². The molecule has 1 aliphatic heterocycles. The highest BCUT2D eigenvalue weighted by molar-refractivity contribution is 5.38. The van der Waals surface area contributed by atoms with Crippen molar-refractivity contribution in [1.29, 1.82) is 0 Å². The number of rotatable bonds is 4. The van der Waals surface area contributed by atoms with Gasteiger partial charge in [0.25, 0.3) is 0 Å². The molecule has 142 valence electrons. The summed E-state index contributed by atoms with van der Waals surface area (Å²) in [7, 11) is 0. The third kappa shape index (κ3) is 4.04. The minimum Gasteiger partial charge on any atom is -0.306 e. The summed E-state index contributed by atoms with van der Waals surface area (Å²) in [6, 6.07) is 10.1. The van der Waals surface area contributed by atoms with Gasteiger partial charge < -0.3 is 5.32 Å². The van der Waals surface area contributed by atoms with Crippen LogP contribution in [0.5, 0.6) is 0 Å². The smallest absolute Gasteiger partial charge is 0.0326 e. The molecule has 1 heteroatoms. The van der Waals surface area contributed by atoms with Crippen LogP contribution in [0.25, 0.3) is 0 Å². The number of benzene rings is 1. The Bertz CT molecular complexity index is 764. The third-order valence-electron chi connectivity index (χ3n) is 6.52. The quantitative estimate of drug-likeness (QED) is 0.636. The first-order valence-electron chi connectivity index (χ1n) is 10.8. The average Bonchev–Trinajstić information content (AvgIpc) is 2.74. The van der Waals surface area contributed by atoms with E-state index in [9.17, 15) is 0 Å². The Hall–Kier alpha value is -1.86. The predicted molar refractivity (Wildman–Crippen MR) is 116 cm³/mol. The van der Waals surface area contributed by atoms with Crippen LogP contribution in [0.15, 0.2) is 72.4 Å². The van der Waals surface area contributed by atoms with Crippen molar-refractivity contribution in [2.75, 3.05) is 0 Å². The lowest BCUT2D eigenvalue weighted by Crippen LogP contribution is -2.47. The van der Waals surface area contributed by atoms with Gasteiger partial charge in [0, 0.05) is 18.0 Å². The van der Waals surface area contributed by atoms with Gasteiger partial charge in [-0.2, -0.15) is 0 Å². The van der Waals surface area contributed by atoms with Crippen LogP contribution in [0.3, 0.4) is 0 Å². The molecular formula is C26H33N. The largest absolute Gasteiger partial charge is 0.306 e.